The van der Waals surface area contributed by atoms with Gasteiger partial charge in [-0.1, -0.05) is 15.9 Å². The molecule has 100 valence electrons. The number of carbonyl (C=O) groups is 1. The summed E-state index contributed by atoms with van der Waals surface area (Å²) in [6.07, 6.45) is 2.15. The lowest BCUT2D eigenvalue weighted by atomic mass is 10.2. The predicted molar refractivity (Wildman–Crippen MR) is 81.1 cm³/mol. The van der Waals surface area contributed by atoms with Gasteiger partial charge >= 0.3 is 0 Å². The molecule has 0 aromatic carbocycles. The highest BCUT2D eigenvalue weighted by Gasteiger charge is 2.32. The van der Waals surface area contributed by atoms with Crippen molar-refractivity contribution in [3.63, 3.8) is 0 Å². The van der Waals surface area contributed by atoms with Crippen LogP contribution in [0.4, 0.5) is 5.82 Å². The molecule has 1 amide bonds. The Morgan fingerprint density at radius 1 is 1.47 bits per heavy atom. The summed E-state index contributed by atoms with van der Waals surface area (Å²) in [5.41, 5.74) is 1.19. The number of hydrogen-bond donors (Lipinski definition) is 0. The summed E-state index contributed by atoms with van der Waals surface area (Å²) in [6.45, 7) is 4.90. The Morgan fingerprint density at radius 2 is 2.26 bits per heavy atom. The van der Waals surface area contributed by atoms with Gasteiger partial charge in [0.2, 0.25) is 5.91 Å². The van der Waals surface area contributed by atoms with Crippen molar-refractivity contribution >= 4 is 49.2 Å². The molecule has 0 saturated carbocycles. The van der Waals surface area contributed by atoms with E-state index in [0.717, 1.165) is 27.9 Å². The van der Waals surface area contributed by atoms with Crippen LogP contribution in [0.5, 0.6) is 0 Å². The molecule has 1 fully saturated rings. The molecular formula is C13H14BrN3OS. The Bertz CT molecular complexity index is 655. The number of halogens is 1. The number of amides is 1. The summed E-state index contributed by atoms with van der Waals surface area (Å²) in [5, 5.41) is 1.89. The highest BCUT2D eigenvalue weighted by Crippen LogP contribution is 2.36. The quantitative estimate of drug-likeness (QED) is 0.790. The number of rotatable bonds is 2. The molecule has 3 rings (SSSR count). The van der Waals surface area contributed by atoms with E-state index in [1.54, 1.807) is 17.7 Å². The average molecular weight is 340 g/mol. The van der Waals surface area contributed by atoms with Crippen LogP contribution in [-0.2, 0) is 4.79 Å². The summed E-state index contributed by atoms with van der Waals surface area (Å²) in [4.78, 5) is 24.9. The normalized spacial score (nSPS) is 19.6. The van der Waals surface area contributed by atoms with Crippen molar-refractivity contribution in [2.75, 3.05) is 16.8 Å². The Balaban J connectivity index is 2.13. The Labute approximate surface area is 124 Å². The fraction of sp³-hybridized carbons (Fsp3) is 0.462. The number of fused-ring (bicyclic) bond motifs is 1. The third-order valence-corrected chi connectivity index (χ3v) is 5.66. The molecule has 1 atom stereocenters. The molecule has 0 radical (unpaired) electrons. The zero-order valence-electron chi connectivity index (χ0n) is 10.8. The first-order chi connectivity index (χ1) is 9.11. The van der Waals surface area contributed by atoms with Gasteiger partial charge in [0.05, 0.1) is 5.39 Å². The maximum atomic E-state index is 12.2. The minimum absolute atomic E-state index is 0.160. The molecule has 1 aliphatic heterocycles. The summed E-state index contributed by atoms with van der Waals surface area (Å²) in [7, 11) is 0. The van der Waals surface area contributed by atoms with Crippen molar-refractivity contribution in [3.8, 4) is 0 Å². The smallest absolute Gasteiger partial charge is 0.228 e. The Hall–Kier alpha value is -1.01. The van der Waals surface area contributed by atoms with E-state index in [-0.39, 0.29) is 5.91 Å². The number of aryl methyl sites for hydroxylation is 2. The standard InChI is InChI=1S/C13H14BrN3OS/c1-7-8(2)19-13-11(7)12(15-6-16-13)17-5-9(4-14)3-10(17)18/h6,9H,3-5H2,1-2H3. The lowest BCUT2D eigenvalue weighted by Crippen LogP contribution is -2.26. The van der Waals surface area contributed by atoms with Gasteiger partial charge in [0.1, 0.15) is 17.0 Å². The van der Waals surface area contributed by atoms with Crippen LogP contribution >= 0.6 is 27.3 Å². The molecule has 2 aromatic rings. The highest BCUT2D eigenvalue weighted by atomic mass is 79.9. The summed E-state index contributed by atoms with van der Waals surface area (Å²) in [6, 6.07) is 0. The number of anilines is 1. The minimum atomic E-state index is 0.160. The van der Waals surface area contributed by atoms with Crippen molar-refractivity contribution in [2.24, 2.45) is 5.92 Å². The van der Waals surface area contributed by atoms with Crippen LogP contribution in [-0.4, -0.2) is 27.7 Å². The molecule has 6 heteroatoms. The van der Waals surface area contributed by atoms with E-state index in [9.17, 15) is 4.79 Å². The van der Waals surface area contributed by atoms with Crippen molar-refractivity contribution in [1.29, 1.82) is 0 Å². The third-order valence-electron chi connectivity index (χ3n) is 3.62. The number of alkyl halides is 1. The number of carbonyl (C=O) groups excluding carboxylic acids is 1. The molecule has 4 nitrogen and oxygen atoms in total. The molecule has 0 spiro atoms. The van der Waals surface area contributed by atoms with Crippen LogP contribution in [0, 0.1) is 19.8 Å². The van der Waals surface area contributed by atoms with Crippen LogP contribution in [0.3, 0.4) is 0 Å². The molecule has 0 N–H and O–H groups in total. The average Bonchev–Trinajstić information content (AvgIpc) is 2.91. The van der Waals surface area contributed by atoms with Gasteiger partial charge in [-0.25, -0.2) is 9.97 Å². The Kier molecular flexibility index (Phi) is 3.30. The first-order valence-corrected chi connectivity index (χ1v) is 8.12. The molecule has 0 aliphatic carbocycles. The topological polar surface area (TPSA) is 46.1 Å². The van der Waals surface area contributed by atoms with Crippen LogP contribution in [0.2, 0.25) is 0 Å². The molecule has 1 saturated heterocycles. The number of nitrogens with zero attached hydrogens (tertiary/aromatic N) is 3. The monoisotopic (exact) mass is 339 g/mol. The van der Waals surface area contributed by atoms with Crippen LogP contribution in [0.15, 0.2) is 6.33 Å². The van der Waals surface area contributed by atoms with Gasteiger partial charge in [-0.15, -0.1) is 11.3 Å². The van der Waals surface area contributed by atoms with E-state index in [1.807, 2.05) is 4.90 Å². The molecule has 1 aliphatic rings. The Morgan fingerprint density at radius 3 is 2.95 bits per heavy atom. The lowest BCUT2D eigenvalue weighted by Gasteiger charge is -2.16. The highest BCUT2D eigenvalue weighted by molar-refractivity contribution is 9.09. The zero-order valence-corrected chi connectivity index (χ0v) is 13.2. The van der Waals surface area contributed by atoms with Crippen molar-refractivity contribution in [3.05, 3.63) is 16.8 Å². The SMILES string of the molecule is Cc1sc2ncnc(N3CC(CBr)CC3=O)c2c1C. The first kappa shape index (κ1) is 13.0. The number of hydrogen-bond acceptors (Lipinski definition) is 4. The van der Waals surface area contributed by atoms with Crippen molar-refractivity contribution in [1.82, 2.24) is 9.97 Å². The van der Waals surface area contributed by atoms with E-state index in [1.165, 1.54) is 10.4 Å². The molecule has 19 heavy (non-hydrogen) atoms. The van der Waals surface area contributed by atoms with Crippen molar-refractivity contribution in [2.45, 2.75) is 20.3 Å². The van der Waals surface area contributed by atoms with Gasteiger partial charge < -0.3 is 0 Å². The molecule has 2 aromatic heterocycles. The molecule has 3 heterocycles. The second-order valence-electron chi connectivity index (χ2n) is 4.89. The van der Waals surface area contributed by atoms with Crippen LogP contribution < -0.4 is 4.90 Å². The van der Waals surface area contributed by atoms with Gasteiger partial charge in [-0.05, 0) is 25.3 Å². The largest absolute Gasteiger partial charge is 0.296 e. The maximum Gasteiger partial charge on any atom is 0.228 e. The minimum Gasteiger partial charge on any atom is -0.296 e. The van der Waals surface area contributed by atoms with E-state index >= 15 is 0 Å². The van der Waals surface area contributed by atoms with E-state index in [4.69, 9.17) is 0 Å². The molecule has 0 bridgehead atoms. The van der Waals surface area contributed by atoms with Gasteiger partial charge in [0.15, 0.2) is 0 Å². The molecule has 1 unspecified atom stereocenters. The van der Waals surface area contributed by atoms with E-state index in [0.29, 0.717) is 12.3 Å². The summed E-state index contributed by atoms with van der Waals surface area (Å²) in [5.74, 6) is 1.31. The number of thiophene rings is 1. The maximum absolute atomic E-state index is 12.2. The summed E-state index contributed by atoms with van der Waals surface area (Å²) < 4.78 is 0. The van der Waals surface area contributed by atoms with Crippen LogP contribution in [0.25, 0.3) is 10.2 Å². The second kappa shape index (κ2) is 4.83. The van der Waals surface area contributed by atoms with Crippen molar-refractivity contribution < 1.29 is 4.79 Å². The predicted octanol–water partition coefficient (Wildman–Crippen LogP) is 3.06. The number of aromatic nitrogens is 2. The van der Waals surface area contributed by atoms with Gasteiger partial charge in [0, 0.05) is 23.2 Å². The van der Waals surface area contributed by atoms with Gasteiger partial charge in [0.25, 0.3) is 0 Å². The zero-order chi connectivity index (χ0) is 13.6. The third kappa shape index (κ3) is 2.07. The fourth-order valence-electron chi connectivity index (χ4n) is 2.46. The van der Waals surface area contributed by atoms with E-state index < -0.39 is 0 Å². The fourth-order valence-corrected chi connectivity index (χ4v) is 3.88. The summed E-state index contributed by atoms with van der Waals surface area (Å²) >= 11 is 5.12. The molecular weight excluding hydrogens is 326 g/mol. The van der Waals surface area contributed by atoms with Gasteiger partial charge in [-0.3, -0.25) is 9.69 Å². The first-order valence-electron chi connectivity index (χ1n) is 6.18. The van der Waals surface area contributed by atoms with E-state index in [2.05, 4.69) is 39.7 Å². The lowest BCUT2D eigenvalue weighted by molar-refractivity contribution is -0.117. The van der Waals surface area contributed by atoms with Crippen LogP contribution in [0.1, 0.15) is 16.9 Å². The van der Waals surface area contributed by atoms with Gasteiger partial charge in [-0.2, -0.15) is 0 Å². The second-order valence-corrected chi connectivity index (χ2v) is 6.74.